The number of likely N-dealkylation sites (N-methyl/N-ethyl adjacent to an activating group) is 1. The first-order valence-electron chi connectivity index (χ1n) is 11.3. The van der Waals surface area contributed by atoms with Crippen molar-refractivity contribution in [3.63, 3.8) is 0 Å². The van der Waals surface area contributed by atoms with E-state index >= 15 is 0 Å². The highest BCUT2D eigenvalue weighted by Crippen LogP contribution is 2.59. The van der Waals surface area contributed by atoms with Gasteiger partial charge in [-0.25, -0.2) is 0 Å². The van der Waals surface area contributed by atoms with Crippen molar-refractivity contribution < 1.29 is 32.8 Å². The zero-order valence-electron chi connectivity index (χ0n) is 20.2. The van der Waals surface area contributed by atoms with Crippen molar-refractivity contribution in [2.24, 2.45) is 0 Å². The zero-order valence-corrected chi connectivity index (χ0v) is 21.0. The van der Waals surface area contributed by atoms with Crippen molar-refractivity contribution in [3.05, 3.63) is 0 Å². The molecule has 8 heteroatoms. The Balaban J connectivity index is 5.13. The van der Waals surface area contributed by atoms with Crippen LogP contribution in [0.1, 0.15) is 54.9 Å². The Labute approximate surface area is 179 Å². The molecule has 1 atom stereocenters. The molecule has 29 heavy (non-hydrogen) atoms. The highest BCUT2D eigenvalue weighted by molar-refractivity contribution is 7.55. The van der Waals surface area contributed by atoms with Crippen LogP contribution in [0.5, 0.6) is 0 Å². The molecule has 0 aromatic rings. The van der Waals surface area contributed by atoms with Crippen molar-refractivity contribution in [2.75, 3.05) is 78.8 Å². The summed E-state index contributed by atoms with van der Waals surface area (Å²) in [6.45, 7) is 21.6. The van der Waals surface area contributed by atoms with Crippen molar-refractivity contribution >= 4 is 7.60 Å². The summed E-state index contributed by atoms with van der Waals surface area (Å²) >= 11 is 0. The molecule has 2 N–H and O–H groups in total. The number of aliphatic hydroxyl groups is 2. The first kappa shape index (κ1) is 29.0. The minimum atomic E-state index is -3.31. The number of hydrogen-bond donors (Lipinski definition) is 2. The topological polar surface area (TPSA) is 76.0 Å². The molecule has 0 bridgehead atoms. The van der Waals surface area contributed by atoms with Crippen LogP contribution in [0.15, 0.2) is 0 Å². The average molecular weight is 441 g/mol. The molecule has 0 aromatic carbocycles. The van der Waals surface area contributed by atoms with Crippen LogP contribution in [0.25, 0.3) is 0 Å². The van der Waals surface area contributed by atoms with Gasteiger partial charge in [0.1, 0.15) is 39.4 Å². The number of aliphatic hydroxyl groups excluding tert-OH is 2. The number of quaternary nitrogens is 2. The Hall–Kier alpha value is -0.0100. The predicted molar refractivity (Wildman–Crippen MR) is 120 cm³/mol. The lowest BCUT2D eigenvalue weighted by atomic mass is 10.3. The standard InChI is InChI=1S/C21H49N2O5P/c1-8-12-23(13-17-24,14-18-25)16-20-28-29(26,21(5,6)7)27-19-15-22(9-2,10-3)11-4/h24-25H,8-20H2,1-7H3/q+2. The lowest BCUT2D eigenvalue weighted by Gasteiger charge is -2.39. The molecule has 0 fully saturated rings. The lowest BCUT2D eigenvalue weighted by molar-refractivity contribution is -0.928. The SMILES string of the molecule is CCC[N+](CCO)(CCO)CCOP(=O)(OCC[N+](CC)(CC)CC)C(C)(C)C. The first-order valence-corrected chi connectivity index (χ1v) is 12.9. The smallest absolute Gasteiger partial charge is 0.336 e. The van der Waals surface area contributed by atoms with Gasteiger partial charge in [-0.3, -0.25) is 4.57 Å². The fourth-order valence-corrected chi connectivity index (χ4v) is 5.34. The molecule has 1 unspecified atom stereocenters. The van der Waals surface area contributed by atoms with Crippen molar-refractivity contribution in [1.82, 2.24) is 0 Å². The molecule has 0 amide bonds. The Morgan fingerprint density at radius 3 is 1.45 bits per heavy atom. The minimum absolute atomic E-state index is 0.0541. The minimum Gasteiger partial charge on any atom is -0.391 e. The highest BCUT2D eigenvalue weighted by Gasteiger charge is 2.41. The number of hydrogen-bond acceptors (Lipinski definition) is 5. The fraction of sp³-hybridized carbons (Fsp3) is 1.00. The van der Waals surface area contributed by atoms with Gasteiger partial charge in [-0.2, -0.15) is 0 Å². The van der Waals surface area contributed by atoms with Crippen LogP contribution in [-0.4, -0.2) is 103 Å². The normalized spacial score (nSPS) is 15.5. The molecule has 7 nitrogen and oxygen atoms in total. The molecule has 0 heterocycles. The van der Waals surface area contributed by atoms with E-state index in [0.717, 1.165) is 43.6 Å². The second-order valence-electron chi connectivity index (χ2n) is 9.03. The average Bonchev–Trinajstić information content (AvgIpc) is 2.65. The first-order chi connectivity index (χ1) is 13.5. The number of nitrogens with zero attached hydrogens (tertiary/aromatic N) is 2. The summed E-state index contributed by atoms with van der Waals surface area (Å²) in [5.74, 6) is 0. The van der Waals surface area contributed by atoms with Gasteiger partial charge in [0.05, 0.1) is 44.5 Å². The van der Waals surface area contributed by atoms with Crippen LogP contribution in [0.2, 0.25) is 0 Å². The summed E-state index contributed by atoms with van der Waals surface area (Å²) < 4.78 is 27.0. The second-order valence-corrected chi connectivity index (χ2v) is 11.9. The van der Waals surface area contributed by atoms with E-state index in [9.17, 15) is 14.8 Å². The van der Waals surface area contributed by atoms with Crippen molar-refractivity contribution in [1.29, 1.82) is 0 Å². The third-order valence-electron chi connectivity index (χ3n) is 6.33. The molecule has 0 aliphatic rings. The quantitative estimate of drug-likeness (QED) is 0.269. The van der Waals surface area contributed by atoms with Crippen LogP contribution in [0, 0.1) is 0 Å². The maximum atomic E-state index is 13.6. The highest BCUT2D eigenvalue weighted by atomic mass is 31.2. The molecule has 0 rings (SSSR count). The second kappa shape index (κ2) is 13.4. The third-order valence-corrected chi connectivity index (χ3v) is 9.02. The van der Waals surface area contributed by atoms with E-state index < -0.39 is 12.8 Å². The largest absolute Gasteiger partial charge is 0.391 e. The summed E-state index contributed by atoms with van der Waals surface area (Å²) in [5.41, 5.74) is 0. The van der Waals surface area contributed by atoms with E-state index in [1.54, 1.807) is 0 Å². The van der Waals surface area contributed by atoms with Gasteiger partial charge in [-0.1, -0.05) is 6.92 Å². The Kier molecular flexibility index (Phi) is 13.4. The summed E-state index contributed by atoms with van der Waals surface area (Å²) in [6, 6.07) is 0. The van der Waals surface area contributed by atoms with E-state index in [0.29, 0.717) is 30.7 Å². The molecular formula is C21H49N2O5P+2. The van der Waals surface area contributed by atoms with Crippen LogP contribution < -0.4 is 0 Å². The van der Waals surface area contributed by atoms with Crippen molar-refractivity contribution in [2.45, 2.75) is 60.0 Å². The van der Waals surface area contributed by atoms with Crippen LogP contribution >= 0.6 is 7.60 Å². The monoisotopic (exact) mass is 440 g/mol. The molecule has 0 saturated carbocycles. The Bertz CT molecular complexity index is 453. The Morgan fingerprint density at radius 2 is 1.14 bits per heavy atom. The summed E-state index contributed by atoms with van der Waals surface area (Å²) in [6.07, 6.45) is 0.943. The maximum Gasteiger partial charge on any atom is 0.336 e. The van der Waals surface area contributed by atoms with Gasteiger partial charge < -0.3 is 28.2 Å². The van der Waals surface area contributed by atoms with Gasteiger partial charge in [0.15, 0.2) is 0 Å². The van der Waals surface area contributed by atoms with Crippen LogP contribution in [-0.2, 0) is 13.6 Å². The van der Waals surface area contributed by atoms with Gasteiger partial charge in [-0.15, -0.1) is 0 Å². The molecule has 0 aliphatic carbocycles. The molecular weight excluding hydrogens is 391 g/mol. The summed E-state index contributed by atoms with van der Waals surface area (Å²) in [7, 11) is -3.31. The van der Waals surface area contributed by atoms with E-state index in [4.69, 9.17) is 9.05 Å². The predicted octanol–water partition coefficient (Wildman–Crippen LogP) is 3.10. The van der Waals surface area contributed by atoms with Gasteiger partial charge >= 0.3 is 7.60 Å². The van der Waals surface area contributed by atoms with Crippen LogP contribution in [0.3, 0.4) is 0 Å². The molecule has 0 saturated heterocycles. The van der Waals surface area contributed by atoms with E-state index in [1.807, 2.05) is 20.8 Å². The maximum absolute atomic E-state index is 13.6. The zero-order chi connectivity index (χ0) is 22.6. The van der Waals surface area contributed by atoms with Gasteiger partial charge in [0.25, 0.3) is 0 Å². The molecule has 0 spiro atoms. The molecule has 0 aliphatic heterocycles. The van der Waals surface area contributed by atoms with E-state index in [1.165, 1.54) is 0 Å². The molecule has 176 valence electrons. The third kappa shape index (κ3) is 8.94. The van der Waals surface area contributed by atoms with Gasteiger partial charge in [0.2, 0.25) is 0 Å². The lowest BCUT2D eigenvalue weighted by Crippen LogP contribution is -2.54. The Morgan fingerprint density at radius 1 is 0.724 bits per heavy atom. The van der Waals surface area contributed by atoms with Crippen molar-refractivity contribution in [3.8, 4) is 0 Å². The molecule has 0 aromatic heterocycles. The van der Waals surface area contributed by atoms with Gasteiger partial charge in [0, 0.05) is 0 Å². The molecule has 0 radical (unpaired) electrons. The summed E-state index contributed by atoms with van der Waals surface area (Å²) in [4.78, 5) is 0. The number of rotatable bonds is 17. The summed E-state index contributed by atoms with van der Waals surface area (Å²) in [5, 5.41) is 18.4. The van der Waals surface area contributed by atoms with E-state index in [-0.39, 0.29) is 19.8 Å². The fourth-order valence-electron chi connectivity index (χ4n) is 3.85. The van der Waals surface area contributed by atoms with E-state index in [2.05, 4.69) is 27.7 Å². The van der Waals surface area contributed by atoms with Crippen LogP contribution in [0.4, 0.5) is 0 Å². The van der Waals surface area contributed by atoms with Gasteiger partial charge in [-0.05, 0) is 48.0 Å².